The van der Waals surface area contributed by atoms with Crippen LogP contribution in [0.4, 0.5) is 5.69 Å². The Labute approximate surface area is 96.7 Å². The van der Waals surface area contributed by atoms with Gasteiger partial charge in [-0.25, -0.2) is 0 Å². The average molecular weight is 245 g/mol. The SMILES string of the molecule is O=S1CCC(Nc2ccncc2Cl)CC1. The fourth-order valence-corrected chi connectivity index (χ4v) is 3.12. The number of rotatable bonds is 2. The number of nitrogens with one attached hydrogen (secondary N) is 1. The molecule has 0 aliphatic carbocycles. The third-order valence-electron chi connectivity index (χ3n) is 2.52. The van der Waals surface area contributed by atoms with Crippen molar-refractivity contribution in [2.24, 2.45) is 0 Å². The normalized spacial score (nSPS) is 26.2. The Hall–Kier alpha value is -0.610. The van der Waals surface area contributed by atoms with Crippen LogP contribution in [0, 0.1) is 0 Å². The Kier molecular flexibility index (Phi) is 3.59. The number of hydrogen-bond acceptors (Lipinski definition) is 3. The molecule has 15 heavy (non-hydrogen) atoms. The van der Waals surface area contributed by atoms with E-state index in [0.29, 0.717) is 11.1 Å². The minimum Gasteiger partial charge on any atom is -0.381 e. The summed E-state index contributed by atoms with van der Waals surface area (Å²) in [6.07, 6.45) is 5.25. The quantitative estimate of drug-likeness (QED) is 0.866. The summed E-state index contributed by atoms with van der Waals surface area (Å²) < 4.78 is 11.2. The first-order chi connectivity index (χ1) is 7.25. The zero-order valence-electron chi connectivity index (χ0n) is 8.28. The first kappa shape index (κ1) is 10.9. The van der Waals surface area contributed by atoms with Crippen molar-refractivity contribution in [1.29, 1.82) is 0 Å². The summed E-state index contributed by atoms with van der Waals surface area (Å²) in [7, 11) is -0.610. The van der Waals surface area contributed by atoms with Gasteiger partial charge in [-0.05, 0) is 18.9 Å². The molecule has 1 fully saturated rings. The van der Waals surface area contributed by atoms with Gasteiger partial charge in [0.15, 0.2) is 0 Å². The summed E-state index contributed by atoms with van der Waals surface area (Å²) in [5, 5.41) is 4.01. The van der Waals surface area contributed by atoms with E-state index in [0.717, 1.165) is 30.0 Å². The van der Waals surface area contributed by atoms with Crippen LogP contribution in [0.2, 0.25) is 5.02 Å². The van der Waals surface area contributed by atoms with Crippen molar-refractivity contribution in [3.8, 4) is 0 Å². The van der Waals surface area contributed by atoms with Crippen LogP contribution in [0.1, 0.15) is 12.8 Å². The molecule has 1 aromatic rings. The molecule has 1 aliphatic rings. The van der Waals surface area contributed by atoms with Crippen molar-refractivity contribution in [1.82, 2.24) is 4.98 Å². The van der Waals surface area contributed by atoms with Gasteiger partial charge in [-0.3, -0.25) is 9.19 Å². The maximum absolute atomic E-state index is 11.2. The van der Waals surface area contributed by atoms with Crippen LogP contribution in [0.5, 0.6) is 0 Å². The number of aromatic nitrogens is 1. The van der Waals surface area contributed by atoms with Gasteiger partial charge in [0.1, 0.15) is 0 Å². The van der Waals surface area contributed by atoms with Crippen molar-refractivity contribution in [2.45, 2.75) is 18.9 Å². The van der Waals surface area contributed by atoms with E-state index in [1.807, 2.05) is 6.07 Å². The van der Waals surface area contributed by atoms with Crippen molar-refractivity contribution < 1.29 is 4.21 Å². The van der Waals surface area contributed by atoms with Gasteiger partial charge in [0, 0.05) is 40.7 Å². The van der Waals surface area contributed by atoms with Gasteiger partial charge in [0.25, 0.3) is 0 Å². The fraction of sp³-hybridized carbons (Fsp3) is 0.500. The van der Waals surface area contributed by atoms with E-state index in [9.17, 15) is 4.21 Å². The fourth-order valence-electron chi connectivity index (χ4n) is 1.65. The van der Waals surface area contributed by atoms with Gasteiger partial charge in [0.05, 0.1) is 10.7 Å². The number of pyridine rings is 1. The van der Waals surface area contributed by atoms with Gasteiger partial charge in [0.2, 0.25) is 0 Å². The van der Waals surface area contributed by atoms with Crippen LogP contribution in [0.15, 0.2) is 18.5 Å². The standard InChI is InChI=1S/C10H13ClN2OS/c11-9-7-12-4-1-10(9)13-8-2-5-15(14)6-3-8/h1,4,7-8H,2-3,5-6H2,(H,12,13). The molecule has 0 bridgehead atoms. The molecule has 3 nitrogen and oxygen atoms in total. The molecule has 0 saturated carbocycles. The maximum Gasteiger partial charge on any atom is 0.0820 e. The van der Waals surface area contributed by atoms with E-state index in [4.69, 9.17) is 11.6 Å². The molecule has 0 amide bonds. The van der Waals surface area contributed by atoms with Crippen molar-refractivity contribution in [3.05, 3.63) is 23.5 Å². The zero-order valence-corrected chi connectivity index (χ0v) is 9.85. The third-order valence-corrected chi connectivity index (χ3v) is 4.20. The summed E-state index contributed by atoms with van der Waals surface area (Å²) in [4.78, 5) is 3.93. The molecule has 2 rings (SSSR count). The first-order valence-electron chi connectivity index (χ1n) is 4.97. The van der Waals surface area contributed by atoms with Crippen molar-refractivity contribution >= 4 is 28.1 Å². The van der Waals surface area contributed by atoms with E-state index in [1.165, 1.54) is 0 Å². The molecule has 0 atom stereocenters. The van der Waals surface area contributed by atoms with Gasteiger partial charge < -0.3 is 5.32 Å². The lowest BCUT2D eigenvalue weighted by atomic mass is 10.1. The second-order valence-corrected chi connectivity index (χ2v) is 5.73. The van der Waals surface area contributed by atoms with E-state index < -0.39 is 10.8 Å². The lowest BCUT2D eigenvalue weighted by Crippen LogP contribution is -2.29. The Morgan fingerprint density at radius 3 is 2.87 bits per heavy atom. The van der Waals surface area contributed by atoms with Crippen LogP contribution in [0.25, 0.3) is 0 Å². The molecule has 1 N–H and O–H groups in total. The lowest BCUT2D eigenvalue weighted by molar-refractivity contribution is 0.624. The highest BCUT2D eigenvalue weighted by molar-refractivity contribution is 7.85. The van der Waals surface area contributed by atoms with Crippen LogP contribution in [0.3, 0.4) is 0 Å². The van der Waals surface area contributed by atoms with Crippen molar-refractivity contribution in [2.75, 3.05) is 16.8 Å². The van der Waals surface area contributed by atoms with Crippen molar-refractivity contribution in [3.63, 3.8) is 0 Å². The van der Waals surface area contributed by atoms with Gasteiger partial charge in [-0.1, -0.05) is 11.6 Å². The summed E-state index contributed by atoms with van der Waals surface area (Å²) in [6, 6.07) is 2.26. The molecule has 1 aromatic heterocycles. The molecular formula is C10H13ClN2OS. The van der Waals surface area contributed by atoms with E-state index in [2.05, 4.69) is 10.3 Å². The minimum atomic E-state index is -0.610. The predicted molar refractivity (Wildman–Crippen MR) is 63.8 cm³/mol. The summed E-state index contributed by atoms with van der Waals surface area (Å²) in [5.74, 6) is 1.58. The first-order valence-corrected chi connectivity index (χ1v) is 6.83. The molecule has 0 aromatic carbocycles. The molecule has 0 unspecified atom stereocenters. The number of hydrogen-bond donors (Lipinski definition) is 1. The monoisotopic (exact) mass is 244 g/mol. The van der Waals surface area contributed by atoms with Gasteiger partial charge >= 0.3 is 0 Å². The minimum absolute atomic E-state index is 0.391. The Bertz CT molecular complexity index is 362. The van der Waals surface area contributed by atoms with E-state index in [1.54, 1.807) is 12.4 Å². The Morgan fingerprint density at radius 1 is 1.47 bits per heavy atom. The smallest absolute Gasteiger partial charge is 0.0820 e. The lowest BCUT2D eigenvalue weighted by Gasteiger charge is -2.23. The van der Waals surface area contributed by atoms with Gasteiger partial charge in [-0.2, -0.15) is 0 Å². The number of halogens is 1. The molecule has 2 heterocycles. The molecule has 5 heteroatoms. The largest absolute Gasteiger partial charge is 0.381 e. The second-order valence-electron chi connectivity index (χ2n) is 3.62. The van der Waals surface area contributed by atoms with Crippen LogP contribution < -0.4 is 5.32 Å². The highest BCUT2D eigenvalue weighted by Crippen LogP contribution is 2.22. The van der Waals surface area contributed by atoms with E-state index >= 15 is 0 Å². The molecule has 82 valence electrons. The number of anilines is 1. The number of nitrogens with zero attached hydrogens (tertiary/aromatic N) is 1. The topological polar surface area (TPSA) is 42.0 Å². The summed E-state index contributed by atoms with van der Waals surface area (Å²) in [5.41, 5.74) is 0.921. The van der Waals surface area contributed by atoms with Gasteiger partial charge in [-0.15, -0.1) is 0 Å². The highest BCUT2D eigenvalue weighted by atomic mass is 35.5. The molecule has 0 radical (unpaired) electrons. The molecular weight excluding hydrogens is 232 g/mol. The van der Waals surface area contributed by atoms with Crippen LogP contribution >= 0.6 is 11.6 Å². The maximum atomic E-state index is 11.2. The molecule has 1 saturated heterocycles. The average Bonchev–Trinajstić information content (AvgIpc) is 2.25. The molecule has 0 spiro atoms. The van der Waals surface area contributed by atoms with E-state index in [-0.39, 0.29) is 0 Å². The third kappa shape index (κ3) is 2.92. The predicted octanol–water partition coefficient (Wildman–Crippen LogP) is 2.06. The highest BCUT2D eigenvalue weighted by Gasteiger charge is 2.17. The summed E-state index contributed by atoms with van der Waals surface area (Å²) in [6.45, 7) is 0. The van der Waals surface area contributed by atoms with Crippen LogP contribution in [-0.2, 0) is 10.8 Å². The second kappa shape index (κ2) is 4.94. The molecule has 1 aliphatic heterocycles. The zero-order chi connectivity index (χ0) is 10.7. The van der Waals surface area contributed by atoms with Crippen LogP contribution in [-0.4, -0.2) is 26.7 Å². The summed E-state index contributed by atoms with van der Waals surface area (Å²) >= 11 is 5.99. The Balaban J connectivity index is 1.97. The Morgan fingerprint density at radius 2 is 2.20 bits per heavy atom.